The van der Waals surface area contributed by atoms with E-state index in [4.69, 9.17) is 11.6 Å². The molecule has 1 nitrogen and oxygen atoms in total. The van der Waals surface area contributed by atoms with Crippen LogP contribution >= 0.6 is 11.6 Å². The van der Waals surface area contributed by atoms with E-state index in [1.165, 1.54) is 0 Å². The minimum atomic E-state index is -0.267. The van der Waals surface area contributed by atoms with Gasteiger partial charge in [-0.2, -0.15) is 0 Å². The van der Waals surface area contributed by atoms with Crippen molar-refractivity contribution in [1.82, 2.24) is 5.32 Å². The Morgan fingerprint density at radius 3 is 2.65 bits per heavy atom. The zero-order chi connectivity index (χ0) is 12.8. The Kier molecular flexibility index (Phi) is 5.93. The van der Waals surface area contributed by atoms with E-state index >= 15 is 0 Å². The highest BCUT2D eigenvalue weighted by Crippen LogP contribution is 2.23. The molecule has 1 aromatic rings. The molecule has 0 aliphatic carbocycles. The van der Waals surface area contributed by atoms with Crippen LogP contribution in [0.4, 0.5) is 4.39 Å². The summed E-state index contributed by atoms with van der Waals surface area (Å²) < 4.78 is 13.8. The third kappa shape index (κ3) is 3.97. The smallest absolute Gasteiger partial charge is 0.144 e. The minimum Gasteiger partial charge on any atom is -0.314 e. The molecule has 0 radical (unpaired) electrons. The molecule has 96 valence electrons. The van der Waals surface area contributed by atoms with Gasteiger partial charge in [0.15, 0.2) is 0 Å². The van der Waals surface area contributed by atoms with Crippen LogP contribution in [0, 0.1) is 11.7 Å². The van der Waals surface area contributed by atoms with Crippen molar-refractivity contribution in [1.29, 1.82) is 0 Å². The maximum atomic E-state index is 13.8. The van der Waals surface area contributed by atoms with Crippen LogP contribution in [0.5, 0.6) is 0 Å². The van der Waals surface area contributed by atoms with E-state index in [2.05, 4.69) is 26.1 Å². The van der Waals surface area contributed by atoms with Gasteiger partial charge >= 0.3 is 0 Å². The Labute approximate surface area is 108 Å². The van der Waals surface area contributed by atoms with Gasteiger partial charge in [0.05, 0.1) is 5.02 Å². The summed E-state index contributed by atoms with van der Waals surface area (Å²) in [7, 11) is 0. The van der Waals surface area contributed by atoms with Crippen LogP contribution in [0.15, 0.2) is 18.2 Å². The van der Waals surface area contributed by atoms with Gasteiger partial charge in [0.2, 0.25) is 0 Å². The van der Waals surface area contributed by atoms with Crippen LogP contribution < -0.4 is 5.32 Å². The predicted octanol–water partition coefficient (Wildman–Crippen LogP) is 4.05. The van der Waals surface area contributed by atoms with Crippen molar-refractivity contribution >= 4 is 11.6 Å². The van der Waals surface area contributed by atoms with E-state index in [1.807, 2.05) is 12.1 Å². The first-order valence-electron chi connectivity index (χ1n) is 6.26. The molecule has 0 fully saturated rings. The zero-order valence-corrected chi connectivity index (χ0v) is 11.5. The molecule has 0 aliphatic heterocycles. The topological polar surface area (TPSA) is 12.0 Å². The zero-order valence-electron chi connectivity index (χ0n) is 10.8. The Morgan fingerprint density at radius 2 is 2.06 bits per heavy atom. The van der Waals surface area contributed by atoms with Gasteiger partial charge in [-0.25, -0.2) is 4.39 Å². The van der Waals surface area contributed by atoms with Gasteiger partial charge in [0, 0.05) is 6.04 Å². The average molecular weight is 258 g/mol. The van der Waals surface area contributed by atoms with Crippen molar-refractivity contribution in [3.05, 3.63) is 34.6 Å². The van der Waals surface area contributed by atoms with E-state index in [-0.39, 0.29) is 10.8 Å². The second-order valence-electron chi connectivity index (χ2n) is 4.43. The maximum absolute atomic E-state index is 13.8. The van der Waals surface area contributed by atoms with Gasteiger partial charge in [0.1, 0.15) is 5.82 Å². The fraction of sp³-hybridized carbons (Fsp3) is 0.571. The lowest BCUT2D eigenvalue weighted by Crippen LogP contribution is -2.34. The fourth-order valence-electron chi connectivity index (χ4n) is 2.15. The Bertz CT molecular complexity index is 354. The SMILES string of the molecule is CCNC(C)C(CC)Cc1cccc(Cl)c1F. The third-order valence-corrected chi connectivity index (χ3v) is 3.56. The summed E-state index contributed by atoms with van der Waals surface area (Å²) in [5.74, 6) is 0.166. The monoisotopic (exact) mass is 257 g/mol. The van der Waals surface area contributed by atoms with Gasteiger partial charge in [-0.15, -0.1) is 0 Å². The molecule has 1 N–H and O–H groups in total. The molecule has 0 heterocycles. The summed E-state index contributed by atoms with van der Waals surface area (Å²) in [5, 5.41) is 3.61. The summed E-state index contributed by atoms with van der Waals surface area (Å²) in [5.41, 5.74) is 0.717. The first-order valence-corrected chi connectivity index (χ1v) is 6.64. The summed E-state index contributed by atoms with van der Waals surface area (Å²) in [4.78, 5) is 0. The van der Waals surface area contributed by atoms with Crippen LogP contribution in [0.3, 0.4) is 0 Å². The van der Waals surface area contributed by atoms with Crippen LogP contribution in [0.1, 0.15) is 32.8 Å². The number of hydrogen-bond acceptors (Lipinski definition) is 1. The van der Waals surface area contributed by atoms with Crippen molar-refractivity contribution in [3.63, 3.8) is 0 Å². The molecule has 2 unspecified atom stereocenters. The van der Waals surface area contributed by atoms with Crippen molar-refractivity contribution in [2.45, 2.75) is 39.7 Å². The summed E-state index contributed by atoms with van der Waals surface area (Å²) in [6, 6.07) is 5.62. The quantitative estimate of drug-likeness (QED) is 0.811. The maximum Gasteiger partial charge on any atom is 0.144 e. The summed E-state index contributed by atoms with van der Waals surface area (Å²) in [6.07, 6.45) is 1.76. The molecule has 17 heavy (non-hydrogen) atoms. The molecule has 0 aliphatic rings. The van der Waals surface area contributed by atoms with E-state index in [1.54, 1.807) is 6.07 Å². The van der Waals surface area contributed by atoms with Crippen molar-refractivity contribution in [2.24, 2.45) is 5.92 Å². The first-order chi connectivity index (χ1) is 8.10. The molecule has 1 aromatic carbocycles. The average Bonchev–Trinajstić information content (AvgIpc) is 2.31. The molecule has 2 atom stereocenters. The number of rotatable bonds is 6. The number of benzene rings is 1. The van der Waals surface area contributed by atoms with E-state index in [0.717, 1.165) is 19.4 Å². The molecular formula is C14H21ClFN. The summed E-state index contributed by atoms with van der Waals surface area (Å²) >= 11 is 5.79. The van der Waals surface area contributed by atoms with E-state index < -0.39 is 0 Å². The van der Waals surface area contributed by atoms with Crippen molar-refractivity contribution in [2.75, 3.05) is 6.54 Å². The Morgan fingerprint density at radius 1 is 1.35 bits per heavy atom. The molecule has 0 amide bonds. The lowest BCUT2D eigenvalue weighted by atomic mass is 9.90. The van der Waals surface area contributed by atoms with Crippen LogP contribution in [-0.4, -0.2) is 12.6 Å². The van der Waals surface area contributed by atoms with Crippen LogP contribution in [-0.2, 0) is 6.42 Å². The van der Waals surface area contributed by atoms with Gasteiger partial charge in [-0.3, -0.25) is 0 Å². The molecular weight excluding hydrogens is 237 g/mol. The predicted molar refractivity (Wildman–Crippen MR) is 72.0 cm³/mol. The molecule has 0 saturated heterocycles. The molecule has 0 saturated carbocycles. The minimum absolute atomic E-state index is 0.216. The van der Waals surface area contributed by atoms with E-state index in [9.17, 15) is 4.39 Å². The van der Waals surface area contributed by atoms with E-state index in [0.29, 0.717) is 17.5 Å². The first kappa shape index (κ1) is 14.5. The normalized spacial score (nSPS) is 14.6. The molecule has 0 bridgehead atoms. The highest BCUT2D eigenvalue weighted by Gasteiger charge is 2.17. The molecule has 3 heteroatoms. The third-order valence-electron chi connectivity index (χ3n) is 3.27. The molecule has 0 spiro atoms. The second-order valence-corrected chi connectivity index (χ2v) is 4.84. The van der Waals surface area contributed by atoms with Crippen LogP contribution in [0.25, 0.3) is 0 Å². The highest BCUT2D eigenvalue weighted by molar-refractivity contribution is 6.30. The van der Waals surface area contributed by atoms with Crippen LogP contribution in [0.2, 0.25) is 5.02 Å². The fourth-order valence-corrected chi connectivity index (χ4v) is 2.35. The lowest BCUT2D eigenvalue weighted by molar-refractivity contribution is 0.363. The number of halogens is 2. The van der Waals surface area contributed by atoms with Gasteiger partial charge in [-0.05, 0) is 37.4 Å². The number of hydrogen-bond donors (Lipinski definition) is 1. The molecule has 0 aromatic heterocycles. The Balaban J connectivity index is 2.77. The highest BCUT2D eigenvalue weighted by atomic mass is 35.5. The van der Waals surface area contributed by atoms with Crippen molar-refractivity contribution in [3.8, 4) is 0 Å². The second kappa shape index (κ2) is 6.97. The number of nitrogens with one attached hydrogen (secondary N) is 1. The van der Waals surface area contributed by atoms with Gasteiger partial charge in [-0.1, -0.05) is 44.0 Å². The summed E-state index contributed by atoms with van der Waals surface area (Å²) in [6.45, 7) is 7.32. The van der Waals surface area contributed by atoms with Crippen molar-refractivity contribution < 1.29 is 4.39 Å². The van der Waals surface area contributed by atoms with Gasteiger partial charge < -0.3 is 5.32 Å². The Hall–Kier alpha value is -0.600. The standard InChI is InChI=1S/C14H21ClFN/c1-4-11(10(3)17-5-2)9-12-7-6-8-13(15)14(12)16/h6-8,10-11,17H,4-5,9H2,1-3H3. The molecule has 1 rings (SSSR count). The lowest BCUT2D eigenvalue weighted by Gasteiger charge is -2.23. The van der Waals surface area contributed by atoms with Gasteiger partial charge in [0.25, 0.3) is 0 Å². The largest absolute Gasteiger partial charge is 0.314 e.